The molecule has 12 heteroatoms. The average Bonchev–Trinajstić information content (AvgIpc) is 3.40. The third-order valence-electron chi connectivity index (χ3n) is 5.84. The van der Waals surface area contributed by atoms with E-state index in [0.717, 1.165) is 22.1 Å². The highest BCUT2D eigenvalue weighted by atomic mass is 32.2. The van der Waals surface area contributed by atoms with Crippen molar-refractivity contribution < 1.29 is 31.3 Å². The normalized spacial score (nSPS) is 12.0. The van der Waals surface area contributed by atoms with Gasteiger partial charge in [-0.3, -0.25) is 4.55 Å². The van der Waals surface area contributed by atoms with E-state index < -0.39 is 21.8 Å². The minimum absolute atomic E-state index is 0.0666. The van der Waals surface area contributed by atoms with Crippen molar-refractivity contribution in [2.24, 2.45) is 0 Å². The average molecular weight is 568 g/mol. The topological polar surface area (TPSA) is 156 Å². The molecule has 0 aliphatic carbocycles. The largest absolute Gasteiger partial charge is 0.423 e. The van der Waals surface area contributed by atoms with Crippen molar-refractivity contribution in [3.05, 3.63) is 106 Å². The summed E-state index contributed by atoms with van der Waals surface area (Å²) in [6.45, 7) is 4.00. The number of fused-ring (bicyclic) bond motifs is 1. The highest BCUT2D eigenvalue weighted by Gasteiger charge is 2.14. The number of aliphatic hydroxyl groups excluding tert-OH is 1. The standard InChI is InChI=1S/C21H18FN3O4.C7H8O3S/c1-2-17(26)20-24-25-21(29-20)23-11-12-3-8-15-16(10-19(27)28-18(15)9-12)13-4-6-14(22)7-5-13;1-6-2-4-7(5-3-6)11(8,9)10/h3-10,17,26H,2,11H2,1H3,(H,23,25);2-5H,1H3,(H,8,9,10)/t17-;/m0./s1. The molecule has 208 valence electrons. The molecule has 2 heterocycles. The van der Waals surface area contributed by atoms with Crippen LogP contribution in [0.15, 0.2) is 91.3 Å². The first-order chi connectivity index (χ1) is 19.0. The smallest absolute Gasteiger partial charge is 0.336 e. The second-order valence-electron chi connectivity index (χ2n) is 8.83. The summed E-state index contributed by atoms with van der Waals surface area (Å²) in [5.41, 5.74) is 3.11. The molecular formula is C28H26FN3O7S. The van der Waals surface area contributed by atoms with Crippen LogP contribution < -0.4 is 10.9 Å². The van der Waals surface area contributed by atoms with Crippen molar-refractivity contribution in [2.45, 2.75) is 37.8 Å². The lowest BCUT2D eigenvalue weighted by atomic mass is 10.0. The van der Waals surface area contributed by atoms with E-state index in [-0.39, 0.29) is 22.6 Å². The van der Waals surface area contributed by atoms with Gasteiger partial charge < -0.3 is 19.3 Å². The van der Waals surface area contributed by atoms with E-state index >= 15 is 0 Å². The highest BCUT2D eigenvalue weighted by molar-refractivity contribution is 7.85. The number of nitrogens with one attached hydrogen (secondary N) is 1. The van der Waals surface area contributed by atoms with E-state index in [4.69, 9.17) is 13.4 Å². The molecular weight excluding hydrogens is 541 g/mol. The Bertz CT molecular complexity index is 1770. The summed E-state index contributed by atoms with van der Waals surface area (Å²) in [6.07, 6.45) is -0.320. The third kappa shape index (κ3) is 7.17. The first kappa shape index (κ1) is 28.6. The summed E-state index contributed by atoms with van der Waals surface area (Å²) >= 11 is 0. The van der Waals surface area contributed by atoms with Crippen LogP contribution in [0, 0.1) is 12.7 Å². The number of benzene rings is 3. The second-order valence-corrected chi connectivity index (χ2v) is 10.2. The zero-order valence-electron chi connectivity index (χ0n) is 21.5. The summed E-state index contributed by atoms with van der Waals surface area (Å²) in [6, 6.07) is 19.0. The van der Waals surface area contributed by atoms with Crippen LogP contribution in [0.2, 0.25) is 0 Å². The minimum atomic E-state index is -4.02. The monoisotopic (exact) mass is 567 g/mol. The molecule has 0 spiro atoms. The van der Waals surface area contributed by atoms with E-state index in [9.17, 15) is 22.7 Å². The van der Waals surface area contributed by atoms with Crippen LogP contribution in [0.25, 0.3) is 22.1 Å². The summed E-state index contributed by atoms with van der Waals surface area (Å²) < 4.78 is 53.5. The van der Waals surface area contributed by atoms with Crippen molar-refractivity contribution in [2.75, 3.05) is 5.32 Å². The lowest BCUT2D eigenvalue weighted by Crippen LogP contribution is -2.02. The molecule has 5 rings (SSSR count). The Kier molecular flexibility index (Phi) is 8.73. The first-order valence-electron chi connectivity index (χ1n) is 12.2. The first-order valence-corrected chi connectivity index (χ1v) is 13.6. The Balaban J connectivity index is 0.000000283. The summed E-state index contributed by atoms with van der Waals surface area (Å²) in [5.74, 6) is -0.187. The number of anilines is 1. The molecule has 0 unspecified atom stereocenters. The van der Waals surface area contributed by atoms with Gasteiger partial charge in [0.2, 0.25) is 5.89 Å². The molecule has 10 nitrogen and oxygen atoms in total. The van der Waals surface area contributed by atoms with Gasteiger partial charge >= 0.3 is 11.6 Å². The van der Waals surface area contributed by atoms with Gasteiger partial charge in [-0.05, 0) is 60.4 Å². The fourth-order valence-electron chi connectivity index (χ4n) is 3.69. The molecule has 0 saturated heterocycles. The summed E-state index contributed by atoms with van der Waals surface area (Å²) in [4.78, 5) is 12.0. The molecule has 3 aromatic carbocycles. The maximum Gasteiger partial charge on any atom is 0.336 e. The zero-order chi connectivity index (χ0) is 28.9. The quantitative estimate of drug-likeness (QED) is 0.175. The molecule has 0 amide bonds. The Morgan fingerprint density at radius 2 is 1.68 bits per heavy atom. The van der Waals surface area contributed by atoms with Gasteiger partial charge in [0.25, 0.3) is 10.1 Å². The van der Waals surface area contributed by atoms with Crippen LogP contribution in [-0.2, 0) is 16.7 Å². The number of hydrogen-bond acceptors (Lipinski definition) is 9. The van der Waals surface area contributed by atoms with Gasteiger partial charge in [-0.2, -0.15) is 8.42 Å². The lowest BCUT2D eigenvalue weighted by molar-refractivity contribution is 0.140. The van der Waals surface area contributed by atoms with E-state index in [1.807, 2.05) is 26.0 Å². The number of nitrogens with zero attached hydrogens (tertiary/aromatic N) is 2. The fraction of sp³-hybridized carbons (Fsp3) is 0.179. The van der Waals surface area contributed by atoms with Crippen LogP contribution in [-0.4, -0.2) is 28.3 Å². The molecule has 3 N–H and O–H groups in total. The van der Waals surface area contributed by atoms with Gasteiger partial charge in [-0.15, -0.1) is 5.10 Å². The molecule has 0 fully saturated rings. The number of aromatic nitrogens is 2. The van der Waals surface area contributed by atoms with Crippen LogP contribution in [0.5, 0.6) is 0 Å². The van der Waals surface area contributed by atoms with Crippen LogP contribution in [0.3, 0.4) is 0 Å². The molecule has 1 atom stereocenters. The van der Waals surface area contributed by atoms with Crippen molar-refractivity contribution in [3.63, 3.8) is 0 Å². The second kappa shape index (κ2) is 12.2. The van der Waals surface area contributed by atoms with Crippen molar-refractivity contribution in [3.8, 4) is 11.1 Å². The van der Waals surface area contributed by atoms with E-state index in [1.165, 1.54) is 30.3 Å². The van der Waals surface area contributed by atoms with Gasteiger partial charge in [-0.25, -0.2) is 9.18 Å². The van der Waals surface area contributed by atoms with Gasteiger partial charge in [0.15, 0.2) is 0 Å². The maximum absolute atomic E-state index is 13.2. The Hall–Kier alpha value is -4.39. The number of aryl methyl sites for hydroxylation is 1. The molecule has 40 heavy (non-hydrogen) atoms. The fourth-order valence-corrected chi connectivity index (χ4v) is 4.17. The maximum atomic E-state index is 13.2. The molecule has 0 aliphatic heterocycles. The van der Waals surface area contributed by atoms with Gasteiger partial charge in [0, 0.05) is 18.0 Å². The molecule has 0 bridgehead atoms. The van der Waals surface area contributed by atoms with E-state index in [1.54, 1.807) is 30.3 Å². The molecule has 5 aromatic rings. The Morgan fingerprint density at radius 3 is 2.33 bits per heavy atom. The molecule has 0 saturated carbocycles. The van der Waals surface area contributed by atoms with Crippen molar-refractivity contribution in [1.29, 1.82) is 0 Å². The van der Waals surface area contributed by atoms with Crippen LogP contribution in [0.4, 0.5) is 10.4 Å². The van der Waals surface area contributed by atoms with E-state index in [2.05, 4.69) is 15.5 Å². The van der Waals surface area contributed by atoms with Gasteiger partial charge in [0.05, 0.1) is 4.90 Å². The zero-order valence-corrected chi connectivity index (χ0v) is 22.4. The predicted octanol–water partition coefficient (Wildman–Crippen LogP) is 5.28. The number of hydrogen-bond donors (Lipinski definition) is 3. The third-order valence-corrected chi connectivity index (χ3v) is 6.71. The van der Waals surface area contributed by atoms with Gasteiger partial charge in [-0.1, -0.05) is 54.0 Å². The molecule has 2 aromatic heterocycles. The highest BCUT2D eigenvalue weighted by Crippen LogP contribution is 2.28. The summed E-state index contributed by atoms with van der Waals surface area (Å²) in [7, 11) is -4.02. The van der Waals surface area contributed by atoms with Crippen LogP contribution >= 0.6 is 0 Å². The van der Waals surface area contributed by atoms with Gasteiger partial charge in [0.1, 0.15) is 17.5 Å². The number of halogens is 1. The lowest BCUT2D eigenvalue weighted by Gasteiger charge is -2.08. The number of rotatable bonds is 7. The summed E-state index contributed by atoms with van der Waals surface area (Å²) in [5, 5.41) is 21.1. The van der Waals surface area contributed by atoms with Crippen molar-refractivity contribution >= 4 is 27.1 Å². The van der Waals surface area contributed by atoms with Crippen molar-refractivity contribution in [1.82, 2.24) is 10.2 Å². The Morgan fingerprint density at radius 1 is 0.975 bits per heavy atom. The molecule has 0 aliphatic rings. The SMILES string of the molecule is CC[C@H](O)c1nnc(NCc2ccc3c(-c4ccc(F)cc4)cc(=O)oc3c2)o1.Cc1ccc(S(=O)(=O)O)cc1. The Labute approximate surface area is 228 Å². The van der Waals surface area contributed by atoms with E-state index in [0.29, 0.717) is 24.1 Å². The minimum Gasteiger partial charge on any atom is -0.423 e. The number of aliphatic hydroxyl groups is 1. The van der Waals surface area contributed by atoms with Crippen LogP contribution in [0.1, 0.15) is 36.5 Å². The predicted molar refractivity (Wildman–Crippen MR) is 146 cm³/mol. The molecule has 0 radical (unpaired) electrons.